The summed E-state index contributed by atoms with van der Waals surface area (Å²) in [6.45, 7) is 3.59. The van der Waals surface area contributed by atoms with Gasteiger partial charge >= 0.3 is 0 Å². The molecule has 0 saturated carbocycles. The van der Waals surface area contributed by atoms with Crippen molar-refractivity contribution in [3.05, 3.63) is 48.2 Å². The van der Waals surface area contributed by atoms with Gasteiger partial charge in [-0.25, -0.2) is 4.98 Å². The van der Waals surface area contributed by atoms with Crippen LogP contribution in [0.15, 0.2) is 36.7 Å². The monoisotopic (exact) mass is 323 g/mol. The highest BCUT2D eigenvalue weighted by Gasteiger charge is 2.26. The SMILES string of the molecule is Cc1nccn1[C@@H]1CCCN(C(=O)Cc2[nH]nc3ccccc23)C1. The first kappa shape index (κ1) is 14.9. The predicted molar refractivity (Wildman–Crippen MR) is 91.6 cm³/mol. The van der Waals surface area contributed by atoms with Crippen molar-refractivity contribution in [3.8, 4) is 0 Å². The molecule has 0 aliphatic carbocycles. The fourth-order valence-corrected chi connectivity index (χ4v) is 3.59. The van der Waals surface area contributed by atoms with E-state index in [1.54, 1.807) is 0 Å². The average Bonchev–Trinajstić information content (AvgIpc) is 3.22. The van der Waals surface area contributed by atoms with E-state index in [4.69, 9.17) is 0 Å². The molecule has 1 atom stereocenters. The van der Waals surface area contributed by atoms with Gasteiger partial charge in [0.15, 0.2) is 0 Å². The number of H-pyrrole nitrogens is 1. The number of rotatable bonds is 3. The number of nitrogens with one attached hydrogen (secondary N) is 1. The topological polar surface area (TPSA) is 66.8 Å². The second kappa shape index (κ2) is 6.11. The standard InChI is InChI=1S/C18H21N5O/c1-13-19-8-10-23(13)14-5-4-9-22(12-14)18(24)11-17-15-6-2-3-7-16(15)20-21-17/h2-3,6-8,10,14H,4-5,9,11-12H2,1H3,(H,20,21)/t14-/m1/s1. The molecule has 1 aliphatic heterocycles. The normalized spacial score (nSPS) is 18.2. The highest BCUT2D eigenvalue weighted by atomic mass is 16.2. The quantitative estimate of drug-likeness (QED) is 0.805. The van der Waals surface area contributed by atoms with Gasteiger partial charge in [0, 0.05) is 30.9 Å². The van der Waals surface area contributed by atoms with E-state index in [9.17, 15) is 4.79 Å². The fourth-order valence-electron chi connectivity index (χ4n) is 3.59. The molecule has 2 aromatic heterocycles. The zero-order valence-corrected chi connectivity index (χ0v) is 13.8. The summed E-state index contributed by atoms with van der Waals surface area (Å²) in [4.78, 5) is 19.0. The van der Waals surface area contributed by atoms with E-state index < -0.39 is 0 Å². The molecule has 6 nitrogen and oxygen atoms in total. The van der Waals surface area contributed by atoms with Crippen LogP contribution in [0.3, 0.4) is 0 Å². The van der Waals surface area contributed by atoms with E-state index in [2.05, 4.69) is 19.7 Å². The Morgan fingerprint density at radius 2 is 2.25 bits per heavy atom. The van der Waals surface area contributed by atoms with Gasteiger partial charge in [-0.3, -0.25) is 9.89 Å². The molecule has 1 aromatic carbocycles. The van der Waals surface area contributed by atoms with Gasteiger partial charge in [0.25, 0.3) is 0 Å². The number of likely N-dealkylation sites (tertiary alicyclic amines) is 1. The van der Waals surface area contributed by atoms with E-state index in [0.29, 0.717) is 12.5 Å². The van der Waals surface area contributed by atoms with Crippen molar-refractivity contribution in [3.63, 3.8) is 0 Å². The van der Waals surface area contributed by atoms with Crippen molar-refractivity contribution >= 4 is 16.8 Å². The van der Waals surface area contributed by atoms with Crippen LogP contribution in [-0.4, -0.2) is 43.6 Å². The predicted octanol–water partition coefficient (Wildman–Crippen LogP) is 2.47. The Morgan fingerprint density at radius 1 is 1.38 bits per heavy atom. The molecule has 1 saturated heterocycles. The van der Waals surface area contributed by atoms with Crippen molar-refractivity contribution < 1.29 is 4.79 Å². The number of amides is 1. The molecule has 0 bridgehead atoms. The number of aromatic amines is 1. The Kier molecular flexibility index (Phi) is 3.80. The lowest BCUT2D eigenvalue weighted by Gasteiger charge is -2.34. The Labute approximate surface area is 140 Å². The molecule has 1 N–H and O–H groups in total. The van der Waals surface area contributed by atoms with Gasteiger partial charge in [-0.05, 0) is 25.8 Å². The minimum Gasteiger partial charge on any atom is -0.340 e. The van der Waals surface area contributed by atoms with E-state index in [1.807, 2.05) is 48.5 Å². The molecular weight excluding hydrogens is 302 g/mol. The van der Waals surface area contributed by atoms with E-state index >= 15 is 0 Å². The lowest BCUT2D eigenvalue weighted by molar-refractivity contribution is -0.132. The van der Waals surface area contributed by atoms with E-state index in [1.165, 1.54) is 0 Å². The number of imidazole rings is 1. The second-order valence-electron chi connectivity index (χ2n) is 6.41. The maximum absolute atomic E-state index is 12.8. The molecule has 1 aliphatic rings. The van der Waals surface area contributed by atoms with Gasteiger partial charge < -0.3 is 9.47 Å². The Morgan fingerprint density at radius 3 is 3.08 bits per heavy atom. The van der Waals surface area contributed by atoms with Crippen LogP contribution >= 0.6 is 0 Å². The molecule has 3 aromatic rings. The van der Waals surface area contributed by atoms with Crippen LogP contribution in [0.25, 0.3) is 10.9 Å². The number of para-hydroxylation sites is 1. The Bertz CT molecular complexity index is 865. The summed E-state index contributed by atoms with van der Waals surface area (Å²) < 4.78 is 2.19. The maximum atomic E-state index is 12.8. The minimum absolute atomic E-state index is 0.159. The zero-order valence-electron chi connectivity index (χ0n) is 13.8. The molecule has 1 fully saturated rings. The molecule has 1 amide bonds. The lowest BCUT2D eigenvalue weighted by atomic mass is 10.0. The molecule has 3 heterocycles. The van der Waals surface area contributed by atoms with E-state index in [0.717, 1.165) is 48.4 Å². The number of carbonyl (C=O) groups is 1. The lowest BCUT2D eigenvalue weighted by Crippen LogP contribution is -2.41. The summed E-state index contributed by atoms with van der Waals surface area (Å²) in [5.41, 5.74) is 1.81. The summed E-state index contributed by atoms with van der Waals surface area (Å²) in [6.07, 6.45) is 6.32. The Balaban J connectivity index is 1.49. The van der Waals surface area contributed by atoms with Crippen molar-refractivity contribution in [2.75, 3.05) is 13.1 Å². The largest absolute Gasteiger partial charge is 0.340 e. The average molecular weight is 323 g/mol. The molecular formula is C18H21N5O. The van der Waals surface area contributed by atoms with Gasteiger partial charge in [0.1, 0.15) is 5.82 Å². The van der Waals surface area contributed by atoms with Crippen LogP contribution in [0.4, 0.5) is 0 Å². The third-order valence-corrected chi connectivity index (χ3v) is 4.87. The molecule has 124 valence electrons. The molecule has 24 heavy (non-hydrogen) atoms. The second-order valence-corrected chi connectivity index (χ2v) is 6.41. The van der Waals surface area contributed by atoms with Crippen LogP contribution < -0.4 is 0 Å². The number of hydrogen-bond donors (Lipinski definition) is 1. The van der Waals surface area contributed by atoms with Crippen molar-refractivity contribution in [1.82, 2.24) is 24.6 Å². The van der Waals surface area contributed by atoms with Crippen molar-refractivity contribution in [1.29, 1.82) is 0 Å². The number of piperidine rings is 1. The molecule has 6 heteroatoms. The van der Waals surface area contributed by atoms with Gasteiger partial charge in [-0.15, -0.1) is 0 Å². The fraction of sp³-hybridized carbons (Fsp3) is 0.389. The highest BCUT2D eigenvalue weighted by molar-refractivity contribution is 5.87. The first-order valence-electron chi connectivity index (χ1n) is 8.41. The van der Waals surface area contributed by atoms with Crippen LogP contribution in [0.2, 0.25) is 0 Å². The number of hydrogen-bond acceptors (Lipinski definition) is 3. The van der Waals surface area contributed by atoms with Crippen molar-refractivity contribution in [2.24, 2.45) is 0 Å². The van der Waals surface area contributed by atoms with Gasteiger partial charge in [-0.1, -0.05) is 18.2 Å². The minimum atomic E-state index is 0.159. The maximum Gasteiger partial charge on any atom is 0.228 e. The molecule has 4 rings (SSSR count). The summed E-state index contributed by atoms with van der Waals surface area (Å²) in [7, 11) is 0. The van der Waals surface area contributed by atoms with Crippen molar-refractivity contribution in [2.45, 2.75) is 32.2 Å². The number of fused-ring (bicyclic) bond motifs is 1. The molecule has 0 radical (unpaired) electrons. The summed E-state index contributed by atoms with van der Waals surface area (Å²) in [6, 6.07) is 8.22. The highest BCUT2D eigenvalue weighted by Crippen LogP contribution is 2.24. The first-order valence-corrected chi connectivity index (χ1v) is 8.41. The number of benzene rings is 1. The smallest absolute Gasteiger partial charge is 0.228 e. The van der Waals surface area contributed by atoms with Gasteiger partial charge in [0.2, 0.25) is 5.91 Å². The van der Waals surface area contributed by atoms with Gasteiger partial charge in [-0.2, -0.15) is 5.10 Å². The summed E-state index contributed by atoms with van der Waals surface area (Å²) in [5, 5.41) is 8.33. The zero-order chi connectivity index (χ0) is 16.5. The molecule has 0 unspecified atom stereocenters. The molecule has 0 spiro atoms. The number of aromatic nitrogens is 4. The van der Waals surface area contributed by atoms with Gasteiger partial charge in [0.05, 0.1) is 23.7 Å². The third kappa shape index (κ3) is 2.68. The van der Waals surface area contributed by atoms with Crippen LogP contribution in [0.1, 0.15) is 30.4 Å². The third-order valence-electron chi connectivity index (χ3n) is 4.87. The van der Waals surface area contributed by atoms with Crippen LogP contribution in [0, 0.1) is 6.92 Å². The van der Waals surface area contributed by atoms with Crippen LogP contribution in [-0.2, 0) is 11.2 Å². The summed E-state index contributed by atoms with van der Waals surface area (Å²) >= 11 is 0. The number of nitrogens with zero attached hydrogens (tertiary/aromatic N) is 4. The Hall–Kier alpha value is -2.63. The number of carbonyl (C=O) groups excluding carboxylic acids is 1. The number of aryl methyl sites for hydroxylation is 1. The summed E-state index contributed by atoms with van der Waals surface area (Å²) in [5.74, 6) is 1.17. The van der Waals surface area contributed by atoms with E-state index in [-0.39, 0.29) is 5.91 Å². The first-order chi connectivity index (χ1) is 11.7. The van der Waals surface area contributed by atoms with Crippen LogP contribution in [0.5, 0.6) is 0 Å².